The first-order valence-corrected chi connectivity index (χ1v) is 5.37. The molecule has 18 heavy (non-hydrogen) atoms. The molecule has 0 radical (unpaired) electrons. The van der Waals surface area contributed by atoms with Crippen LogP contribution in [0.15, 0.2) is 48.8 Å². The summed E-state index contributed by atoms with van der Waals surface area (Å²) in [6.07, 6.45) is 3.22. The molecule has 2 N–H and O–H groups in total. The lowest BCUT2D eigenvalue weighted by molar-refractivity contribution is -0.0505. The smallest absolute Gasteiger partial charge is 0.387 e. The van der Waals surface area contributed by atoms with Gasteiger partial charge in [0.25, 0.3) is 0 Å². The lowest BCUT2D eigenvalue weighted by atomic mass is 10.0. The van der Waals surface area contributed by atoms with E-state index in [1.807, 2.05) is 0 Å². The number of benzene rings is 1. The van der Waals surface area contributed by atoms with Gasteiger partial charge < -0.3 is 10.5 Å². The number of halogens is 2. The number of nitrogens with two attached hydrogens (primary N) is 1. The number of pyridine rings is 1. The van der Waals surface area contributed by atoms with E-state index in [1.54, 1.807) is 42.7 Å². The molecule has 5 heteroatoms. The number of hydrogen-bond acceptors (Lipinski definition) is 3. The molecule has 2 aromatic rings. The zero-order valence-corrected chi connectivity index (χ0v) is 9.46. The second-order valence-corrected chi connectivity index (χ2v) is 3.68. The number of hydrogen-bond donors (Lipinski definition) is 1. The van der Waals surface area contributed by atoms with Gasteiger partial charge in [0, 0.05) is 18.0 Å². The third kappa shape index (κ3) is 2.81. The van der Waals surface area contributed by atoms with E-state index in [-0.39, 0.29) is 5.75 Å². The summed E-state index contributed by atoms with van der Waals surface area (Å²) < 4.78 is 29.0. The predicted molar refractivity (Wildman–Crippen MR) is 63.3 cm³/mol. The van der Waals surface area contributed by atoms with Crippen molar-refractivity contribution >= 4 is 0 Å². The van der Waals surface area contributed by atoms with Gasteiger partial charge in [-0.3, -0.25) is 4.98 Å². The van der Waals surface area contributed by atoms with Crippen LogP contribution < -0.4 is 10.5 Å². The zero-order valence-electron chi connectivity index (χ0n) is 9.46. The van der Waals surface area contributed by atoms with E-state index in [2.05, 4.69) is 9.72 Å². The van der Waals surface area contributed by atoms with Crippen LogP contribution in [0, 0.1) is 0 Å². The fourth-order valence-corrected chi connectivity index (χ4v) is 1.68. The third-order valence-electron chi connectivity index (χ3n) is 2.51. The average molecular weight is 250 g/mol. The van der Waals surface area contributed by atoms with E-state index in [0.717, 1.165) is 5.56 Å². The lowest BCUT2D eigenvalue weighted by Crippen LogP contribution is -2.14. The number of nitrogens with zero attached hydrogens (tertiary/aromatic N) is 1. The first-order chi connectivity index (χ1) is 8.68. The molecule has 1 atom stereocenters. The summed E-state index contributed by atoms with van der Waals surface area (Å²) in [6.45, 7) is -2.87. The van der Waals surface area contributed by atoms with Gasteiger partial charge >= 0.3 is 6.61 Å². The Bertz CT molecular complexity index is 505. The molecule has 2 rings (SSSR count). The van der Waals surface area contributed by atoms with Gasteiger partial charge in [0.05, 0.1) is 6.04 Å². The van der Waals surface area contributed by atoms with Crippen molar-refractivity contribution < 1.29 is 13.5 Å². The summed E-state index contributed by atoms with van der Waals surface area (Å²) in [6, 6.07) is 9.46. The van der Waals surface area contributed by atoms with Crippen LogP contribution in [0.3, 0.4) is 0 Å². The van der Waals surface area contributed by atoms with Gasteiger partial charge in [0.2, 0.25) is 0 Å². The van der Waals surface area contributed by atoms with Gasteiger partial charge in [-0.1, -0.05) is 24.3 Å². The van der Waals surface area contributed by atoms with Crippen LogP contribution in [0.1, 0.15) is 17.2 Å². The normalized spacial score (nSPS) is 12.4. The van der Waals surface area contributed by atoms with Crippen molar-refractivity contribution in [3.05, 3.63) is 59.9 Å². The Labute approximate surface area is 103 Å². The van der Waals surface area contributed by atoms with Crippen LogP contribution in [0.4, 0.5) is 8.78 Å². The second kappa shape index (κ2) is 5.55. The second-order valence-electron chi connectivity index (χ2n) is 3.68. The van der Waals surface area contributed by atoms with Gasteiger partial charge in [0.15, 0.2) is 0 Å². The van der Waals surface area contributed by atoms with Crippen LogP contribution in [0.25, 0.3) is 0 Å². The number of rotatable bonds is 4. The maximum Gasteiger partial charge on any atom is 0.387 e. The van der Waals surface area contributed by atoms with Gasteiger partial charge in [-0.05, 0) is 17.7 Å². The standard InChI is InChI=1S/C13H12F2N2O/c14-13(15)18-11-6-2-1-5-10(11)12(16)9-4-3-7-17-8-9/h1-8,12-13H,16H2. The van der Waals surface area contributed by atoms with Crippen LogP contribution in [-0.2, 0) is 0 Å². The Kier molecular flexibility index (Phi) is 3.84. The monoisotopic (exact) mass is 250 g/mol. The quantitative estimate of drug-likeness (QED) is 0.907. The predicted octanol–water partition coefficient (Wildman–Crippen LogP) is 2.73. The highest BCUT2D eigenvalue weighted by Crippen LogP contribution is 2.28. The molecule has 0 bridgehead atoms. The average Bonchev–Trinajstić information content (AvgIpc) is 2.39. The third-order valence-corrected chi connectivity index (χ3v) is 2.51. The Morgan fingerprint density at radius 1 is 1.11 bits per heavy atom. The van der Waals surface area contributed by atoms with Crippen LogP contribution >= 0.6 is 0 Å². The van der Waals surface area contributed by atoms with Gasteiger partial charge in [-0.2, -0.15) is 8.78 Å². The molecule has 0 amide bonds. The van der Waals surface area contributed by atoms with Crippen LogP contribution in [0.2, 0.25) is 0 Å². The summed E-state index contributed by atoms with van der Waals surface area (Å²) in [5.41, 5.74) is 7.27. The highest BCUT2D eigenvalue weighted by molar-refractivity contribution is 5.40. The molecule has 0 saturated heterocycles. The SMILES string of the molecule is NC(c1cccnc1)c1ccccc1OC(F)F. The summed E-state index contributed by atoms with van der Waals surface area (Å²) in [5.74, 6) is 0.0869. The Hall–Kier alpha value is -2.01. The molecule has 1 unspecified atom stereocenters. The Morgan fingerprint density at radius 2 is 1.89 bits per heavy atom. The maximum absolute atomic E-state index is 12.3. The van der Waals surface area contributed by atoms with Crippen molar-refractivity contribution in [2.45, 2.75) is 12.7 Å². The largest absolute Gasteiger partial charge is 0.434 e. The first-order valence-electron chi connectivity index (χ1n) is 5.37. The summed E-state index contributed by atoms with van der Waals surface area (Å²) in [7, 11) is 0. The zero-order chi connectivity index (χ0) is 13.0. The van der Waals surface area contributed by atoms with E-state index in [1.165, 1.54) is 6.07 Å². The van der Waals surface area contributed by atoms with Gasteiger partial charge in [-0.25, -0.2) is 0 Å². The molecule has 3 nitrogen and oxygen atoms in total. The molecule has 0 spiro atoms. The van der Waals surface area contributed by atoms with E-state index in [0.29, 0.717) is 5.56 Å². The number of para-hydroxylation sites is 1. The van der Waals surface area contributed by atoms with Crippen molar-refractivity contribution in [3.63, 3.8) is 0 Å². The molecule has 0 fully saturated rings. The Balaban J connectivity index is 2.33. The number of alkyl halides is 2. The minimum Gasteiger partial charge on any atom is -0.434 e. The highest BCUT2D eigenvalue weighted by atomic mass is 19.3. The van der Waals surface area contributed by atoms with Crippen molar-refractivity contribution in [2.24, 2.45) is 5.73 Å². The van der Waals surface area contributed by atoms with E-state index >= 15 is 0 Å². The summed E-state index contributed by atoms with van der Waals surface area (Å²) in [4.78, 5) is 3.95. The molecule has 0 aliphatic heterocycles. The topological polar surface area (TPSA) is 48.1 Å². The molecule has 1 aromatic heterocycles. The summed E-state index contributed by atoms with van der Waals surface area (Å²) >= 11 is 0. The molecule has 0 aliphatic rings. The first kappa shape index (κ1) is 12.4. The summed E-state index contributed by atoms with van der Waals surface area (Å²) in [5, 5.41) is 0. The van der Waals surface area contributed by atoms with E-state index in [4.69, 9.17) is 5.73 Å². The molecule has 1 aromatic carbocycles. The highest BCUT2D eigenvalue weighted by Gasteiger charge is 2.16. The van der Waals surface area contributed by atoms with Crippen LogP contribution in [0.5, 0.6) is 5.75 Å². The van der Waals surface area contributed by atoms with Gasteiger partial charge in [-0.15, -0.1) is 0 Å². The molecule has 94 valence electrons. The molecule has 0 saturated carbocycles. The fourth-order valence-electron chi connectivity index (χ4n) is 1.68. The van der Waals surface area contributed by atoms with Crippen molar-refractivity contribution in [2.75, 3.05) is 0 Å². The molecule has 1 heterocycles. The minimum atomic E-state index is -2.87. The lowest BCUT2D eigenvalue weighted by Gasteiger charge is -2.16. The van der Waals surface area contributed by atoms with Crippen molar-refractivity contribution in [1.82, 2.24) is 4.98 Å². The van der Waals surface area contributed by atoms with Crippen LogP contribution in [-0.4, -0.2) is 11.6 Å². The fraction of sp³-hybridized carbons (Fsp3) is 0.154. The minimum absolute atomic E-state index is 0.0869. The molecular formula is C13H12F2N2O. The molecular weight excluding hydrogens is 238 g/mol. The van der Waals surface area contributed by atoms with Gasteiger partial charge in [0.1, 0.15) is 5.75 Å². The van der Waals surface area contributed by atoms with E-state index < -0.39 is 12.7 Å². The van der Waals surface area contributed by atoms with E-state index in [9.17, 15) is 8.78 Å². The van der Waals surface area contributed by atoms with Crippen molar-refractivity contribution in [3.8, 4) is 5.75 Å². The Morgan fingerprint density at radius 3 is 2.56 bits per heavy atom. The number of ether oxygens (including phenoxy) is 1. The maximum atomic E-state index is 12.3. The van der Waals surface area contributed by atoms with Crippen molar-refractivity contribution in [1.29, 1.82) is 0 Å². The molecule has 0 aliphatic carbocycles. The number of aromatic nitrogens is 1.